The number of rotatable bonds is 2. The zero-order chi connectivity index (χ0) is 11.6. The van der Waals surface area contributed by atoms with Gasteiger partial charge in [-0.25, -0.2) is 0 Å². The van der Waals surface area contributed by atoms with E-state index < -0.39 is 5.60 Å². The molecule has 16 heavy (non-hydrogen) atoms. The highest BCUT2D eigenvalue weighted by atomic mass is 16.3. The lowest BCUT2D eigenvalue weighted by atomic mass is 9.84. The van der Waals surface area contributed by atoms with Crippen molar-refractivity contribution in [3.63, 3.8) is 0 Å². The molecular formula is C13H26N2O. The minimum Gasteiger partial charge on any atom is -0.389 e. The maximum absolute atomic E-state index is 10.6. The Labute approximate surface area is 99.2 Å². The first-order chi connectivity index (χ1) is 7.61. The van der Waals surface area contributed by atoms with Gasteiger partial charge in [0, 0.05) is 31.7 Å². The van der Waals surface area contributed by atoms with Crippen LogP contribution in [0.2, 0.25) is 0 Å². The summed E-state index contributed by atoms with van der Waals surface area (Å²) < 4.78 is 0. The van der Waals surface area contributed by atoms with Crippen LogP contribution in [-0.2, 0) is 0 Å². The van der Waals surface area contributed by atoms with Crippen molar-refractivity contribution >= 4 is 0 Å². The summed E-state index contributed by atoms with van der Waals surface area (Å²) >= 11 is 0. The quantitative estimate of drug-likeness (QED) is 0.746. The first-order valence-corrected chi connectivity index (χ1v) is 6.80. The molecule has 0 radical (unpaired) electrons. The van der Waals surface area contributed by atoms with Gasteiger partial charge in [0.05, 0.1) is 5.60 Å². The second-order valence-electron chi connectivity index (χ2n) is 5.81. The molecule has 1 aliphatic heterocycles. The van der Waals surface area contributed by atoms with E-state index in [4.69, 9.17) is 0 Å². The number of aliphatic hydroxyl groups is 1. The van der Waals surface area contributed by atoms with Crippen molar-refractivity contribution in [2.45, 2.75) is 63.6 Å². The Morgan fingerprint density at radius 3 is 2.25 bits per heavy atom. The maximum atomic E-state index is 10.6. The highest BCUT2D eigenvalue weighted by Crippen LogP contribution is 2.30. The van der Waals surface area contributed by atoms with Gasteiger partial charge >= 0.3 is 0 Å². The fraction of sp³-hybridized carbons (Fsp3) is 1.00. The molecule has 0 aromatic carbocycles. The zero-order valence-electron chi connectivity index (χ0n) is 10.7. The van der Waals surface area contributed by atoms with Gasteiger partial charge in [0.1, 0.15) is 0 Å². The Kier molecular flexibility index (Phi) is 3.88. The Morgan fingerprint density at radius 2 is 1.69 bits per heavy atom. The van der Waals surface area contributed by atoms with Gasteiger partial charge < -0.3 is 10.4 Å². The number of piperazine rings is 1. The second-order valence-corrected chi connectivity index (χ2v) is 5.81. The highest BCUT2D eigenvalue weighted by Gasteiger charge is 2.35. The van der Waals surface area contributed by atoms with Gasteiger partial charge in [0.2, 0.25) is 0 Å². The molecule has 2 fully saturated rings. The molecule has 3 nitrogen and oxygen atoms in total. The van der Waals surface area contributed by atoms with Gasteiger partial charge in [-0.1, -0.05) is 19.3 Å². The fourth-order valence-electron chi connectivity index (χ4n) is 3.19. The Bertz CT molecular complexity index is 216. The number of hydrogen-bond donors (Lipinski definition) is 2. The van der Waals surface area contributed by atoms with Crippen LogP contribution in [0.3, 0.4) is 0 Å². The van der Waals surface area contributed by atoms with Crippen LogP contribution < -0.4 is 5.32 Å². The normalized spacial score (nSPS) is 36.2. The molecule has 0 spiro atoms. The van der Waals surface area contributed by atoms with Crippen molar-refractivity contribution in [3.05, 3.63) is 0 Å². The van der Waals surface area contributed by atoms with E-state index in [1.807, 2.05) is 0 Å². The predicted octanol–water partition coefficient (Wildman–Crippen LogP) is 1.36. The van der Waals surface area contributed by atoms with Gasteiger partial charge in [0.25, 0.3) is 0 Å². The Morgan fingerprint density at radius 1 is 1.12 bits per heavy atom. The molecule has 0 aromatic heterocycles. The third-order valence-electron chi connectivity index (χ3n) is 4.27. The summed E-state index contributed by atoms with van der Waals surface area (Å²) in [6, 6.07) is 1.10. The largest absolute Gasteiger partial charge is 0.389 e. The molecule has 2 N–H and O–H groups in total. The van der Waals surface area contributed by atoms with E-state index in [0.717, 1.165) is 32.5 Å². The van der Waals surface area contributed by atoms with E-state index in [0.29, 0.717) is 12.1 Å². The molecule has 1 saturated carbocycles. The van der Waals surface area contributed by atoms with Crippen LogP contribution in [0.4, 0.5) is 0 Å². The van der Waals surface area contributed by atoms with Crippen LogP contribution in [0.15, 0.2) is 0 Å². The van der Waals surface area contributed by atoms with Crippen LogP contribution in [0, 0.1) is 0 Å². The molecule has 2 rings (SSSR count). The molecule has 1 saturated heterocycles. The minimum absolute atomic E-state index is 0.405. The SMILES string of the molecule is CC1CNCC(C)N1CC1(O)CCCCC1. The van der Waals surface area contributed by atoms with Gasteiger partial charge in [-0.2, -0.15) is 0 Å². The number of nitrogens with one attached hydrogen (secondary N) is 1. The van der Waals surface area contributed by atoms with E-state index in [-0.39, 0.29) is 0 Å². The molecule has 0 aromatic rings. The van der Waals surface area contributed by atoms with Gasteiger partial charge in [-0.3, -0.25) is 4.90 Å². The Hall–Kier alpha value is -0.120. The van der Waals surface area contributed by atoms with Crippen LogP contribution in [-0.4, -0.2) is 47.3 Å². The monoisotopic (exact) mass is 226 g/mol. The molecule has 0 bridgehead atoms. The molecule has 3 heteroatoms. The molecule has 2 unspecified atom stereocenters. The van der Waals surface area contributed by atoms with E-state index in [1.54, 1.807) is 0 Å². The standard InChI is InChI=1S/C13H26N2O/c1-11-8-14-9-12(2)15(11)10-13(16)6-4-3-5-7-13/h11-12,14,16H,3-10H2,1-2H3. The van der Waals surface area contributed by atoms with E-state index >= 15 is 0 Å². The van der Waals surface area contributed by atoms with Crippen molar-refractivity contribution in [1.29, 1.82) is 0 Å². The smallest absolute Gasteiger partial charge is 0.0774 e. The average molecular weight is 226 g/mol. The summed E-state index contributed by atoms with van der Waals surface area (Å²) in [5, 5.41) is 14.0. The van der Waals surface area contributed by atoms with Crippen LogP contribution >= 0.6 is 0 Å². The maximum Gasteiger partial charge on any atom is 0.0774 e. The van der Waals surface area contributed by atoms with Gasteiger partial charge in [0.15, 0.2) is 0 Å². The van der Waals surface area contributed by atoms with E-state index in [9.17, 15) is 5.11 Å². The summed E-state index contributed by atoms with van der Waals surface area (Å²) in [6.45, 7) is 7.50. The Balaban J connectivity index is 1.95. The zero-order valence-corrected chi connectivity index (χ0v) is 10.7. The van der Waals surface area contributed by atoms with Crippen molar-refractivity contribution < 1.29 is 5.11 Å². The summed E-state index contributed by atoms with van der Waals surface area (Å²) in [5.74, 6) is 0. The van der Waals surface area contributed by atoms with Crippen molar-refractivity contribution in [3.8, 4) is 0 Å². The van der Waals surface area contributed by atoms with Crippen molar-refractivity contribution in [2.24, 2.45) is 0 Å². The average Bonchev–Trinajstić information content (AvgIpc) is 2.25. The summed E-state index contributed by atoms with van der Waals surface area (Å²) in [5.41, 5.74) is -0.405. The van der Waals surface area contributed by atoms with Crippen LogP contribution in [0.25, 0.3) is 0 Å². The predicted molar refractivity (Wildman–Crippen MR) is 66.5 cm³/mol. The molecule has 2 atom stereocenters. The first-order valence-electron chi connectivity index (χ1n) is 6.80. The summed E-state index contributed by atoms with van der Waals surface area (Å²) in [6.07, 6.45) is 5.69. The first kappa shape index (κ1) is 12.3. The van der Waals surface area contributed by atoms with Crippen molar-refractivity contribution in [1.82, 2.24) is 10.2 Å². The molecule has 0 amide bonds. The van der Waals surface area contributed by atoms with Gasteiger partial charge in [-0.05, 0) is 26.7 Å². The fourth-order valence-corrected chi connectivity index (χ4v) is 3.19. The third kappa shape index (κ3) is 2.76. The molecular weight excluding hydrogens is 200 g/mol. The van der Waals surface area contributed by atoms with Crippen molar-refractivity contribution in [2.75, 3.05) is 19.6 Å². The number of hydrogen-bond acceptors (Lipinski definition) is 3. The van der Waals surface area contributed by atoms with Crippen LogP contribution in [0.5, 0.6) is 0 Å². The summed E-state index contributed by atoms with van der Waals surface area (Å²) in [7, 11) is 0. The van der Waals surface area contributed by atoms with E-state index in [1.165, 1.54) is 19.3 Å². The van der Waals surface area contributed by atoms with E-state index in [2.05, 4.69) is 24.1 Å². The molecule has 94 valence electrons. The summed E-state index contributed by atoms with van der Waals surface area (Å²) in [4.78, 5) is 2.49. The minimum atomic E-state index is -0.405. The van der Waals surface area contributed by atoms with Gasteiger partial charge in [-0.15, -0.1) is 0 Å². The molecule has 1 heterocycles. The lowest BCUT2D eigenvalue weighted by Crippen LogP contribution is -2.59. The van der Waals surface area contributed by atoms with Crippen LogP contribution in [0.1, 0.15) is 46.0 Å². The molecule has 2 aliphatic rings. The lowest BCUT2D eigenvalue weighted by Gasteiger charge is -2.45. The molecule has 1 aliphatic carbocycles. The lowest BCUT2D eigenvalue weighted by molar-refractivity contribution is -0.0495. The topological polar surface area (TPSA) is 35.5 Å². The second kappa shape index (κ2) is 5.03. The number of nitrogens with zero attached hydrogens (tertiary/aromatic N) is 1. The third-order valence-corrected chi connectivity index (χ3v) is 4.27. The highest BCUT2D eigenvalue weighted by molar-refractivity contribution is 4.91. The number of β-amino-alcohol motifs (C(OH)–C–C–N with tert-alkyl or cyclic N) is 1.